The molecule has 29 heavy (non-hydrogen) atoms. The monoisotopic (exact) mass is 492 g/mol. The van der Waals surface area contributed by atoms with Crippen LogP contribution < -0.4 is 0 Å². The van der Waals surface area contributed by atoms with Crippen molar-refractivity contribution in [3.63, 3.8) is 0 Å². The van der Waals surface area contributed by atoms with Crippen molar-refractivity contribution in [2.45, 2.75) is 4.75 Å². The fourth-order valence-corrected chi connectivity index (χ4v) is 5.61. The zero-order chi connectivity index (χ0) is 21.6. The lowest BCUT2D eigenvalue weighted by Gasteiger charge is -2.34. The molecule has 0 aliphatic carbocycles. The van der Waals surface area contributed by atoms with Crippen LogP contribution in [-0.4, -0.2) is 23.2 Å². The van der Waals surface area contributed by atoms with Crippen LogP contribution in [0.15, 0.2) is 54.6 Å². The van der Waals surface area contributed by atoms with Crippen molar-refractivity contribution in [1.29, 1.82) is 0 Å². The number of hydrogen-bond donors (Lipinski definition) is 3. The number of benzene rings is 3. The summed E-state index contributed by atoms with van der Waals surface area (Å²) in [7, 11) is -5.07. The Hall–Kier alpha value is -1.67. The molecule has 0 bridgehead atoms. The third-order valence-electron chi connectivity index (χ3n) is 4.41. The fraction of sp³-hybridized carbons (Fsp3) is 0.0526. The summed E-state index contributed by atoms with van der Waals surface area (Å²) in [6, 6.07) is 12.3. The zero-order valence-electron chi connectivity index (χ0n) is 14.3. The van der Waals surface area contributed by atoms with E-state index in [0.717, 1.165) is 12.1 Å². The number of phenols is 2. The number of rotatable bonds is 4. The van der Waals surface area contributed by atoms with E-state index in [2.05, 4.69) is 0 Å². The van der Waals surface area contributed by atoms with Gasteiger partial charge >= 0.3 is 0 Å². The van der Waals surface area contributed by atoms with Crippen molar-refractivity contribution in [1.82, 2.24) is 0 Å². The van der Waals surface area contributed by atoms with E-state index in [1.165, 1.54) is 24.3 Å². The quantitative estimate of drug-likeness (QED) is 0.239. The maximum Gasteiger partial charge on any atom is 0.283 e. The van der Waals surface area contributed by atoms with Crippen molar-refractivity contribution in [2.24, 2.45) is 0 Å². The Morgan fingerprint density at radius 2 is 1.38 bits per heavy atom. The van der Waals surface area contributed by atoms with Crippen molar-refractivity contribution in [3.8, 4) is 11.5 Å². The third kappa shape index (κ3) is 3.54. The Morgan fingerprint density at radius 3 is 1.97 bits per heavy atom. The summed E-state index contributed by atoms with van der Waals surface area (Å²) >= 11 is 24.7. The minimum Gasteiger partial charge on any atom is -0.508 e. The summed E-state index contributed by atoms with van der Waals surface area (Å²) in [5.74, 6) is -0.859. The van der Waals surface area contributed by atoms with E-state index in [1.54, 1.807) is 18.2 Å². The second-order valence-electron chi connectivity index (χ2n) is 6.07. The first-order chi connectivity index (χ1) is 13.5. The molecule has 0 saturated carbocycles. The van der Waals surface area contributed by atoms with Crippen LogP contribution in [0.3, 0.4) is 0 Å². The van der Waals surface area contributed by atoms with Gasteiger partial charge in [0.1, 0.15) is 10.8 Å². The molecular weight excluding hydrogens is 482 g/mol. The van der Waals surface area contributed by atoms with Gasteiger partial charge in [0.25, 0.3) is 10.1 Å². The molecular formula is C19H12Cl4O5S. The fourth-order valence-electron chi connectivity index (χ4n) is 3.18. The van der Waals surface area contributed by atoms with E-state index in [4.69, 9.17) is 46.4 Å². The van der Waals surface area contributed by atoms with Crippen molar-refractivity contribution < 1.29 is 23.2 Å². The lowest BCUT2D eigenvalue weighted by Crippen LogP contribution is -2.39. The standard InChI is InChI=1S/C19H12Cl4O5S/c20-14-7-6-11(24)8-12(14)19(29(26,27)28,10-4-2-1-3-5-10)13-9-15(21)18(25)17(23)16(13)22/h1-9,24-25H,(H,26,27,28). The molecule has 0 aliphatic rings. The van der Waals surface area contributed by atoms with Gasteiger partial charge in [0.2, 0.25) is 0 Å². The molecule has 3 rings (SSSR count). The Morgan fingerprint density at radius 1 is 0.759 bits per heavy atom. The normalized spacial score (nSPS) is 13.8. The molecule has 0 spiro atoms. The Bertz CT molecular complexity index is 1200. The zero-order valence-corrected chi connectivity index (χ0v) is 18.1. The van der Waals surface area contributed by atoms with Gasteiger partial charge in [-0.2, -0.15) is 8.42 Å². The van der Waals surface area contributed by atoms with E-state index < -0.39 is 25.6 Å². The molecule has 1 unspecified atom stereocenters. The largest absolute Gasteiger partial charge is 0.508 e. The molecule has 0 aromatic heterocycles. The van der Waals surface area contributed by atoms with E-state index in [1.807, 2.05) is 0 Å². The summed E-state index contributed by atoms with van der Waals surface area (Å²) < 4.78 is 34.1. The second kappa shape index (κ2) is 7.87. The number of halogens is 4. The molecule has 0 radical (unpaired) electrons. The molecule has 5 nitrogen and oxygen atoms in total. The highest BCUT2D eigenvalue weighted by atomic mass is 35.5. The van der Waals surface area contributed by atoms with Crippen LogP contribution in [0.4, 0.5) is 0 Å². The molecule has 10 heteroatoms. The van der Waals surface area contributed by atoms with Crippen LogP contribution in [0.25, 0.3) is 0 Å². The summed E-state index contributed by atoms with van der Waals surface area (Å²) in [6.45, 7) is 0. The van der Waals surface area contributed by atoms with Gasteiger partial charge < -0.3 is 10.2 Å². The number of phenolic OH excluding ortho intramolecular Hbond substituents is 2. The average Bonchev–Trinajstić information content (AvgIpc) is 2.67. The summed E-state index contributed by atoms with van der Waals surface area (Å²) in [6.07, 6.45) is 0. The highest BCUT2D eigenvalue weighted by Crippen LogP contribution is 2.52. The molecule has 0 aliphatic heterocycles. The lowest BCUT2D eigenvalue weighted by molar-refractivity contribution is 0.455. The molecule has 3 aromatic carbocycles. The van der Waals surface area contributed by atoms with Crippen LogP contribution in [-0.2, 0) is 14.9 Å². The summed E-state index contributed by atoms with van der Waals surface area (Å²) in [4.78, 5) is 0. The van der Waals surface area contributed by atoms with Gasteiger partial charge in [-0.3, -0.25) is 4.55 Å². The summed E-state index contributed by atoms with van der Waals surface area (Å²) in [5, 5.41) is 18.9. The van der Waals surface area contributed by atoms with Gasteiger partial charge in [0.05, 0.1) is 10.0 Å². The second-order valence-corrected chi connectivity index (χ2v) is 9.20. The minimum absolute atomic E-state index is 0.0507. The number of aromatic hydroxyl groups is 2. The molecule has 152 valence electrons. The maximum absolute atomic E-state index is 13.0. The predicted molar refractivity (Wildman–Crippen MR) is 114 cm³/mol. The number of hydrogen-bond acceptors (Lipinski definition) is 4. The van der Waals surface area contributed by atoms with Gasteiger partial charge in [-0.05, 0) is 29.8 Å². The van der Waals surface area contributed by atoms with E-state index in [9.17, 15) is 23.2 Å². The first kappa shape index (κ1) is 22.0. The molecule has 1 atom stereocenters. The Kier molecular flexibility index (Phi) is 5.98. The van der Waals surface area contributed by atoms with E-state index in [-0.39, 0.29) is 37.5 Å². The molecule has 3 aromatic rings. The molecule has 0 fully saturated rings. The van der Waals surface area contributed by atoms with E-state index in [0.29, 0.717) is 0 Å². The van der Waals surface area contributed by atoms with Crippen LogP contribution in [0, 0.1) is 0 Å². The van der Waals surface area contributed by atoms with Crippen LogP contribution in [0.1, 0.15) is 16.7 Å². The van der Waals surface area contributed by atoms with Gasteiger partial charge in [-0.1, -0.05) is 76.7 Å². The topological polar surface area (TPSA) is 94.8 Å². The maximum atomic E-state index is 13.0. The molecule has 3 N–H and O–H groups in total. The van der Waals surface area contributed by atoms with Gasteiger partial charge in [0, 0.05) is 16.1 Å². The minimum atomic E-state index is -5.07. The Labute approximate surface area is 186 Å². The van der Waals surface area contributed by atoms with Gasteiger partial charge in [-0.15, -0.1) is 0 Å². The van der Waals surface area contributed by atoms with E-state index >= 15 is 0 Å². The highest BCUT2D eigenvalue weighted by molar-refractivity contribution is 7.87. The first-order valence-corrected chi connectivity index (χ1v) is 10.9. The predicted octanol–water partition coefficient (Wildman–Crippen LogP) is 5.89. The SMILES string of the molecule is O=S(=O)(O)C(c1ccccc1)(c1cc(O)ccc1Cl)c1cc(Cl)c(O)c(Cl)c1Cl. The lowest BCUT2D eigenvalue weighted by atomic mass is 9.83. The van der Waals surface area contributed by atoms with Gasteiger partial charge in [-0.25, -0.2) is 0 Å². The van der Waals surface area contributed by atoms with Crippen LogP contribution >= 0.6 is 46.4 Å². The molecule has 0 amide bonds. The summed E-state index contributed by atoms with van der Waals surface area (Å²) in [5.41, 5.74) is -0.393. The molecule has 0 heterocycles. The smallest absolute Gasteiger partial charge is 0.283 e. The molecule has 0 saturated heterocycles. The average molecular weight is 494 g/mol. The van der Waals surface area contributed by atoms with Crippen LogP contribution in [0.2, 0.25) is 20.1 Å². The highest BCUT2D eigenvalue weighted by Gasteiger charge is 2.51. The van der Waals surface area contributed by atoms with Crippen molar-refractivity contribution in [2.75, 3.05) is 0 Å². The first-order valence-electron chi connectivity index (χ1n) is 7.90. The Balaban J connectivity index is 2.65. The van der Waals surface area contributed by atoms with Crippen LogP contribution in [0.5, 0.6) is 11.5 Å². The third-order valence-corrected chi connectivity index (χ3v) is 7.33. The van der Waals surface area contributed by atoms with Gasteiger partial charge in [0.15, 0.2) is 10.5 Å². The van der Waals surface area contributed by atoms with Crippen molar-refractivity contribution >= 4 is 56.5 Å². The van der Waals surface area contributed by atoms with Crippen molar-refractivity contribution in [3.05, 3.63) is 91.4 Å².